The molecule has 0 unspecified atom stereocenters. The molecule has 3 N–H and O–H groups in total. The predicted octanol–water partition coefficient (Wildman–Crippen LogP) is 4.18. The Hall–Kier alpha value is -3.53. The monoisotopic (exact) mass is 504 g/mol. The van der Waals surface area contributed by atoms with Gasteiger partial charge in [-0.1, -0.05) is 25.0 Å². The molecule has 0 spiro atoms. The maximum absolute atomic E-state index is 12.8. The lowest BCUT2D eigenvalue weighted by atomic mass is 10.1. The van der Waals surface area contributed by atoms with Gasteiger partial charge < -0.3 is 25.2 Å². The van der Waals surface area contributed by atoms with Crippen LogP contribution in [0.3, 0.4) is 0 Å². The Kier molecular flexibility index (Phi) is 7.53. The molecule has 0 radical (unpaired) electrons. The summed E-state index contributed by atoms with van der Waals surface area (Å²) in [6, 6.07) is 11.4. The van der Waals surface area contributed by atoms with Crippen LogP contribution in [0.5, 0.6) is 11.5 Å². The molecular weight excluding hydrogens is 477 g/mol. The molecule has 0 aromatic heterocycles. The zero-order valence-corrected chi connectivity index (χ0v) is 19.4. The van der Waals surface area contributed by atoms with Crippen molar-refractivity contribution in [2.45, 2.75) is 44.1 Å². The first-order chi connectivity index (χ1) is 17.1. The van der Waals surface area contributed by atoms with Gasteiger partial charge in [0.25, 0.3) is 11.8 Å². The minimum atomic E-state index is -4.82. The Balaban J connectivity index is 1.43. The maximum atomic E-state index is 12.8. The molecule has 0 heterocycles. The van der Waals surface area contributed by atoms with Crippen molar-refractivity contribution >= 4 is 17.9 Å². The molecule has 2 aliphatic rings. The van der Waals surface area contributed by atoms with Crippen molar-refractivity contribution in [3.8, 4) is 11.5 Å². The van der Waals surface area contributed by atoms with E-state index in [4.69, 9.17) is 4.74 Å². The van der Waals surface area contributed by atoms with Gasteiger partial charge in [-0.05, 0) is 73.2 Å². The number of carbonyl (C=O) groups is 2. The van der Waals surface area contributed by atoms with Crippen LogP contribution in [0.25, 0.3) is 6.08 Å². The second kappa shape index (κ2) is 10.6. The Bertz CT molecular complexity index is 1110. The molecule has 0 bridgehead atoms. The van der Waals surface area contributed by atoms with Gasteiger partial charge in [0.05, 0.1) is 12.2 Å². The van der Waals surface area contributed by atoms with E-state index in [1.165, 1.54) is 31.1 Å². The average molecular weight is 505 g/mol. The van der Waals surface area contributed by atoms with Gasteiger partial charge in [0.1, 0.15) is 17.2 Å². The number of halogens is 3. The summed E-state index contributed by atoms with van der Waals surface area (Å²) in [5.41, 5.74) is -0.424. The van der Waals surface area contributed by atoms with Crippen molar-refractivity contribution < 1.29 is 37.3 Å². The summed E-state index contributed by atoms with van der Waals surface area (Å²) in [6.07, 6.45) is 1.13. The highest BCUT2D eigenvalue weighted by Gasteiger charge is 2.40. The van der Waals surface area contributed by atoms with Gasteiger partial charge in [-0.3, -0.25) is 9.59 Å². The number of hydrogen-bond donors (Lipinski definition) is 3. The highest BCUT2D eigenvalue weighted by atomic mass is 19.4. The molecule has 36 heavy (non-hydrogen) atoms. The first kappa shape index (κ1) is 25.6. The smallest absolute Gasteiger partial charge is 0.494 e. The number of alkyl halides is 3. The van der Waals surface area contributed by atoms with Crippen molar-refractivity contribution in [1.82, 2.24) is 10.6 Å². The van der Waals surface area contributed by atoms with E-state index in [1.807, 2.05) is 0 Å². The zero-order chi connectivity index (χ0) is 25.8. The average Bonchev–Trinajstić information content (AvgIpc) is 3.76. The number of nitrogens with one attached hydrogen (secondary N) is 2. The Morgan fingerprint density at radius 3 is 2.25 bits per heavy atom. The third kappa shape index (κ3) is 8.01. The van der Waals surface area contributed by atoms with Gasteiger partial charge in [-0.15, -0.1) is 13.2 Å². The van der Waals surface area contributed by atoms with Crippen molar-refractivity contribution in [2.24, 2.45) is 5.92 Å². The van der Waals surface area contributed by atoms with E-state index in [2.05, 4.69) is 15.4 Å². The molecule has 0 atom stereocenters. The predicted molar refractivity (Wildman–Crippen MR) is 125 cm³/mol. The molecule has 2 fully saturated rings. The molecule has 2 amide bonds. The van der Waals surface area contributed by atoms with E-state index in [0.717, 1.165) is 24.5 Å². The van der Waals surface area contributed by atoms with E-state index in [0.29, 0.717) is 30.8 Å². The van der Waals surface area contributed by atoms with E-state index in [9.17, 15) is 27.9 Å². The van der Waals surface area contributed by atoms with E-state index in [1.54, 1.807) is 24.3 Å². The molecule has 0 aliphatic heterocycles. The fourth-order valence-electron chi connectivity index (χ4n) is 3.40. The van der Waals surface area contributed by atoms with Crippen LogP contribution in [0.2, 0.25) is 0 Å². The van der Waals surface area contributed by atoms with Gasteiger partial charge in [-0.25, -0.2) is 0 Å². The first-order valence-corrected chi connectivity index (χ1v) is 11.7. The number of amides is 2. The highest BCUT2D eigenvalue weighted by Crippen LogP contribution is 2.34. The lowest BCUT2D eigenvalue weighted by Crippen LogP contribution is -2.39. The number of hydrogen-bond acceptors (Lipinski definition) is 5. The minimum Gasteiger partial charge on any atom is -0.494 e. The van der Waals surface area contributed by atoms with Crippen LogP contribution in [0.15, 0.2) is 54.2 Å². The molecule has 2 aliphatic carbocycles. The summed E-state index contributed by atoms with van der Waals surface area (Å²) in [4.78, 5) is 25.6. The molecule has 2 aromatic carbocycles. The third-order valence-electron chi connectivity index (χ3n) is 5.93. The van der Waals surface area contributed by atoms with E-state index < -0.39 is 29.5 Å². The van der Waals surface area contributed by atoms with Gasteiger partial charge in [0, 0.05) is 12.1 Å². The van der Waals surface area contributed by atoms with Gasteiger partial charge in [0.2, 0.25) is 0 Å². The van der Waals surface area contributed by atoms with E-state index in [-0.39, 0.29) is 17.8 Å². The SMILES string of the molecule is O=C(NCC1(O)CC1)/C(=C/c1ccc(OC(F)(F)F)cc1)NC(=O)c1ccc(OCCC2CC2)cc1. The van der Waals surface area contributed by atoms with Crippen molar-refractivity contribution in [1.29, 1.82) is 0 Å². The largest absolute Gasteiger partial charge is 0.573 e. The second-order valence-corrected chi connectivity index (χ2v) is 9.14. The number of aliphatic hydroxyl groups is 1. The normalized spacial score (nSPS) is 16.7. The van der Waals surface area contributed by atoms with Gasteiger partial charge >= 0.3 is 6.36 Å². The van der Waals surface area contributed by atoms with Crippen molar-refractivity contribution in [3.63, 3.8) is 0 Å². The maximum Gasteiger partial charge on any atom is 0.573 e. The summed E-state index contributed by atoms with van der Waals surface area (Å²) >= 11 is 0. The van der Waals surface area contributed by atoms with Gasteiger partial charge in [0.15, 0.2) is 0 Å². The zero-order valence-electron chi connectivity index (χ0n) is 19.4. The topological polar surface area (TPSA) is 96.9 Å². The third-order valence-corrected chi connectivity index (χ3v) is 5.93. The number of carbonyl (C=O) groups excluding carboxylic acids is 2. The van der Waals surface area contributed by atoms with Crippen LogP contribution >= 0.6 is 0 Å². The highest BCUT2D eigenvalue weighted by molar-refractivity contribution is 6.05. The quantitative estimate of drug-likeness (QED) is 0.399. The summed E-state index contributed by atoms with van der Waals surface area (Å²) < 4.78 is 46.8. The summed E-state index contributed by atoms with van der Waals surface area (Å²) in [7, 11) is 0. The molecule has 2 saturated carbocycles. The number of benzene rings is 2. The van der Waals surface area contributed by atoms with Crippen LogP contribution in [0.4, 0.5) is 13.2 Å². The Labute approximate surface area is 206 Å². The Morgan fingerprint density at radius 1 is 1.03 bits per heavy atom. The Morgan fingerprint density at radius 2 is 1.67 bits per heavy atom. The van der Waals surface area contributed by atoms with Crippen LogP contribution in [0.1, 0.15) is 48.0 Å². The lowest BCUT2D eigenvalue weighted by molar-refractivity contribution is -0.274. The first-order valence-electron chi connectivity index (χ1n) is 11.7. The fraction of sp³-hybridized carbons (Fsp3) is 0.385. The molecular formula is C26H27F3N2O5. The standard InChI is InChI=1S/C26H27F3N2O5/c27-26(28,29)36-21-7-3-18(4-8-21)15-22(24(33)30-16-25(34)12-13-25)31-23(32)19-5-9-20(10-6-19)35-14-11-17-1-2-17/h3-10,15,17,34H,1-2,11-14,16H2,(H,30,33)(H,31,32)/b22-15-. The number of ether oxygens (including phenoxy) is 2. The summed E-state index contributed by atoms with van der Waals surface area (Å²) in [5.74, 6) is -0.215. The summed E-state index contributed by atoms with van der Waals surface area (Å²) in [6.45, 7) is 0.632. The lowest BCUT2D eigenvalue weighted by Gasteiger charge is -2.14. The van der Waals surface area contributed by atoms with Crippen LogP contribution in [0, 0.1) is 5.92 Å². The van der Waals surface area contributed by atoms with Crippen molar-refractivity contribution in [3.05, 3.63) is 65.4 Å². The number of rotatable bonds is 11. The van der Waals surface area contributed by atoms with Gasteiger partial charge in [-0.2, -0.15) is 0 Å². The van der Waals surface area contributed by atoms with E-state index >= 15 is 0 Å². The fourth-order valence-corrected chi connectivity index (χ4v) is 3.40. The molecule has 4 rings (SSSR count). The minimum absolute atomic E-state index is 0.0182. The summed E-state index contributed by atoms with van der Waals surface area (Å²) in [5, 5.41) is 15.2. The molecule has 192 valence electrons. The van der Waals surface area contributed by atoms with Crippen LogP contribution < -0.4 is 20.1 Å². The molecule has 0 saturated heterocycles. The molecule has 10 heteroatoms. The molecule has 2 aromatic rings. The second-order valence-electron chi connectivity index (χ2n) is 9.14. The molecule has 7 nitrogen and oxygen atoms in total. The van der Waals surface area contributed by atoms with Crippen molar-refractivity contribution in [2.75, 3.05) is 13.2 Å². The van der Waals surface area contributed by atoms with Crippen LogP contribution in [-0.4, -0.2) is 42.0 Å². The van der Waals surface area contributed by atoms with Crippen LogP contribution in [-0.2, 0) is 4.79 Å².